The van der Waals surface area contributed by atoms with Crippen LogP contribution in [0.25, 0.3) is 22.3 Å². The van der Waals surface area contributed by atoms with E-state index < -0.39 is 0 Å². The number of benzene rings is 2. The second-order valence-corrected chi connectivity index (χ2v) is 4.28. The highest BCUT2D eigenvalue weighted by Gasteiger charge is 2.08. The predicted octanol–water partition coefficient (Wildman–Crippen LogP) is 2.17. The van der Waals surface area contributed by atoms with Crippen LogP contribution in [0.3, 0.4) is 0 Å². The normalized spacial score (nSPS) is 10.3. The SMILES string of the molecule is N#Cc1ccc(-c2nc3c(O)cccc3c(=O)[nH]2)cc1. The van der Waals surface area contributed by atoms with Crippen molar-refractivity contribution in [2.75, 3.05) is 0 Å². The Kier molecular flexibility index (Phi) is 2.70. The minimum absolute atomic E-state index is 0.0384. The van der Waals surface area contributed by atoms with E-state index in [0.29, 0.717) is 22.3 Å². The number of aromatic nitrogens is 2. The topological polar surface area (TPSA) is 89.8 Å². The molecule has 0 fully saturated rings. The lowest BCUT2D eigenvalue weighted by Gasteiger charge is -2.04. The van der Waals surface area contributed by atoms with E-state index in [1.54, 1.807) is 36.4 Å². The third-order valence-corrected chi connectivity index (χ3v) is 3.00. The predicted molar refractivity (Wildman–Crippen MR) is 74.2 cm³/mol. The number of hydrogen-bond donors (Lipinski definition) is 2. The lowest BCUT2D eigenvalue weighted by molar-refractivity contribution is 0.480. The molecule has 0 saturated carbocycles. The van der Waals surface area contributed by atoms with Crippen LogP contribution in [-0.2, 0) is 0 Å². The maximum absolute atomic E-state index is 12.0. The van der Waals surface area contributed by atoms with Gasteiger partial charge in [0.1, 0.15) is 17.1 Å². The molecule has 0 spiro atoms. The first kappa shape index (κ1) is 11.9. The molecule has 0 saturated heterocycles. The van der Waals surface area contributed by atoms with Gasteiger partial charge in [-0.3, -0.25) is 4.79 Å². The van der Waals surface area contributed by atoms with E-state index in [4.69, 9.17) is 5.26 Å². The van der Waals surface area contributed by atoms with Gasteiger partial charge >= 0.3 is 0 Å². The standard InChI is InChI=1S/C15H9N3O2/c16-8-9-4-6-10(7-5-9)14-17-13-11(15(20)18-14)2-1-3-12(13)19/h1-7,19H,(H,17,18,20). The number of fused-ring (bicyclic) bond motifs is 1. The molecule has 0 atom stereocenters. The van der Waals surface area contributed by atoms with Crippen molar-refractivity contribution in [1.29, 1.82) is 5.26 Å². The number of aromatic hydroxyl groups is 1. The molecule has 0 aliphatic heterocycles. The number of rotatable bonds is 1. The van der Waals surface area contributed by atoms with Gasteiger partial charge in [0, 0.05) is 5.56 Å². The quantitative estimate of drug-likeness (QED) is 0.704. The largest absolute Gasteiger partial charge is 0.506 e. The number of H-pyrrole nitrogens is 1. The van der Waals surface area contributed by atoms with Crippen LogP contribution in [0.5, 0.6) is 5.75 Å². The van der Waals surface area contributed by atoms with E-state index in [-0.39, 0.29) is 16.8 Å². The van der Waals surface area contributed by atoms with Gasteiger partial charge in [0.15, 0.2) is 0 Å². The average molecular weight is 263 g/mol. The fraction of sp³-hybridized carbons (Fsp3) is 0. The molecule has 0 unspecified atom stereocenters. The van der Waals surface area contributed by atoms with Crippen molar-refractivity contribution in [2.45, 2.75) is 0 Å². The number of aromatic amines is 1. The van der Waals surface area contributed by atoms with Crippen LogP contribution in [0.4, 0.5) is 0 Å². The third-order valence-electron chi connectivity index (χ3n) is 3.00. The molecule has 3 aromatic rings. The Hall–Kier alpha value is -3.13. The van der Waals surface area contributed by atoms with Gasteiger partial charge in [-0.1, -0.05) is 6.07 Å². The van der Waals surface area contributed by atoms with Gasteiger partial charge in [0.05, 0.1) is 17.0 Å². The van der Waals surface area contributed by atoms with Crippen LogP contribution in [-0.4, -0.2) is 15.1 Å². The first-order valence-corrected chi connectivity index (χ1v) is 5.91. The molecule has 96 valence electrons. The van der Waals surface area contributed by atoms with Crippen LogP contribution in [0.1, 0.15) is 5.56 Å². The van der Waals surface area contributed by atoms with Gasteiger partial charge < -0.3 is 10.1 Å². The van der Waals surface area contributed by atoms with Gasteiger partial charge in [-0.25, -0.2) is 4.98 Å². The van der Waals surface area contributed by atoms with Gasteiger partial charge in [0.2, 0.25) is 0 Å². The van der Waals surface area contributed by atoms with Crippen molar-refractivity contribution in [3.8, 4) is 23.2 Å². The number of hydrogen-bond acceptors (Lipinski definition) is 4. The number of para-hydroxylation sites is 1. The van der Waals surface area contributed by atoms with E-state index in [2.05, 4.69) is 9.97 Å². The molecule has 0 aliphatic carbocycles. The molecule has 0 amide bonds. The summed E-state index contributed by atoms with van der Waals surface area (Å²) in [7, 11) is 0. The summed E-state index contributed by atoms with van der Waals surface area (Å²) in [6.07, 6.45) is 0. The van der Waals surface area contributed by atoms with Crippen molar-refractivity contribution in [1.82, 2.24) is 9.97 Å². The van der Waals surface area contributed by atoms with Gasteiger partial charge in [-0.05, 0) is 36.4 Å². The molecule has 2 aromatic carbocycles. The fourth-order valence-electron chi connectivity index (χ4n) is 1.99. The van der Waals surface area contributed by atoms with Crippen LogP contribution >= 0.6 is 0 Å². The Morgan fingerprint density at radius 1 is 1.15 bits per heavy atom. The van der Waals surface area contributed by atoms with Gasteiger partial charge in [-0.2, -0.15) is 5.26 Å². The summed E-state index contributed by atoms with van der Waals surface area (Å²) < 4.78 is 0. The van der Waals surface area contributed by atoms with E-state index in [1.807, 2.05) is 6.07 Å². The number of nitrogens with one attached hydrogen (secondary N) is 1. The summed E-state index contributed by atoms with van der Waals surface area (Å²) in [5.74, 6) is 0.317. The molecule has 1 aromatic heterocycles. The molecule has 5 heteroatoms. The molecule has 2 N–H and O–H groups in total. The highest BCUT2D eigenvalue weighted by Crippen LogP contribution is 2.22. The zero-order valence-electron chi connectivity index (χ0n) is 10.3. The molecule has 0 aliphatic rings. The highest BCUT2D eigenvalue weighted by atomic mass is 16.3. The van der Waals surface area contributed by atoms with Crippen LogP contribution in [0, 0.1) is 11.3 Å². The van der Waals surface area contributed by atoms with Crippen molar-refractivity contribution >= 4 is 10.9 Å². The van der Waals surface area contributed by atoms with E-state index >= 15 is 0 Å². The smallest absolute Gasteiger partial charge is 0.259 e. The minimum Gasteiger partial charge on any atom is -0.506 e. The molecule has 3 rings (SSSR count). The average Bonchev–Trinajstić information content (AvgIpc) is 2.48. The number of nitriles is 1. The Labute approximate surface area is 113 Å². The summed E-state index contributed by atoms with van der Waals surface area (Å²) >= 11 is 0. The minimum atomic E-state index is -0.315. The number of phenols is 1. The van der Waals surface area contributed by atoms with Gasteiger partial charge in [0.25, 0.3) is 5.56 Å². The first-order chi connectivity index (χ1) is 9.69. The monoisotopic (exact) mass is 263 g/mol. The van der Waals surface area contributed by atoms with E-state index in [1.165, 1.54) is 6.07 Å². The maximum atomic E-state index is 12.0. The Morgan fingerprint density at radius 2 is 1.90 bits per heavy atom. The summed E-state index contributed by atoms with van der Waals surface area (Å²) in [6.45, 7) is 0. The Morgan fingerprint density at radius 3 is 2.60 bits per heavy atom. The molecular weight excluding hydrogens is 254 g/mol. The van der Waals surface area contributed by atoms with E-state index in [9.17, 15) is 9.90 Å². The zero-order chi connectivity index (χ0) is 14.1. The summed E-state index contributed by atoms with van der Waals surface area (Å²) in [5.41, 5.74) is 1.15. The van der Waals surface area contributed by atoms with Crippen molar-refractivity contribution in [3.63, 3.8) is 0 Å². The first-order valence-electron chi connectivity index (χ1n) is 5.91. The molecule has 0 bridgehead atoms. The lowest BCUT2D eigenvalue weighted by atomic mass is 10.1. The zero-order valence-corrected chi connectivity index (χ0v) is 10.3. The fourth-order valence-corrected chi connectivity index (χ4v) is 1.99. The molecule has 0 radical (unpaired) electrons. The van der Waals surface area contributed by atoms with E-state index in [0.717, 1.165) is 0 Å². The maximum Gasteiger partial charge on any atom is 0.259 e. The second kappa shape index (κ2) is 4.52. The van der Waals surface area contributed by atoms with Crippen molar-refractivity contribution in [3.05, 3.63) is 58.4 Å². The van der Waals surface area contributed by atoms with Gasteiger partial charge in [-0.15, -0.1) is 0 Å². The summed E-state index contributed by atoms with van der Waals surface area (Å²) in [5, 5.41) is 18.9. The molecule has 20 heavy (non-hydrogen) atoms. The molecule has 1 heterocycles. The second-order valence-electron chi connectivity index (χ2n) is 4.28. The third kappa shape index (κ3) is 1.89. The molecular formula is C15H9N3O2. The Bertz CT molecular complexity index is 890. The number of nitrogens with zero attached hydrogens (tertiary/aromatic N) is 2. The van der Waals surface area contributed by atoms with Crippen LogP contribution in [0.2, 0.25) is 0 Å². The molecule has 5 nitrogen and oxygen atoms in total. The van der Waals surface area contributed by atoms with Crippen molar-refractivity contribution < 1.29 is 5.11 Å². The Balaban J connectivity index is 2.24. The lowest BCUT2D eigenvalue weighted by Crippen LogP contribution is -2.09. The summed E-state index contributed by atoms with van der Waals surface area (Å²) in [4.78, 5) is 18.9. The summed E-state index contributed by atoms with van der Waals surface area (Å²) in [6, 6.07) is 13.4. The van der Waals surface area contributed by atoms with Crippen LogP contribution < -0.4 is 5.56 Å². The highest BCUT2D eigenvalue weighted by molar-refractivity contribution is 5.84. The number of phenolic OH excluding ortho intramolecular Hbond substituents is 1. The van der Waals surface area contributed by atoms with Crippen LogP contribution in [0.15, 0.2) is 47.3 Å². The van der Waals surface area contributed by atoms with Crippen molar-refractivity contribution in [2.24, 2.45) is 0 Å².